The van der Waals surface area contributed by atoms with Gasteiger partial charge >= 0.3 is 5.97 Å². The number of halogens is 1. The van der Waals surface area contributed by atoms with Crippen LogP contribution in [0, 0.1) is 10.1 Å². The zero-order valence-corrected chi connectivity index (χ0v) is 9.97. The third-order valence-corrected chi connectivity index (χ3v) is 2.35. The topological polar surface area (TPSA) is 110 Å². The largest absolute Gasteiger partial charge is 0.480 e. The normalized spacial score (nSPS) is 11.7. The van der Waals surface area contributed by atoms with E-state index < -0.39 is 28.5 Å². The van der Waals surface area contributed by atoms with E-state index in [-0.39, 0.29) is 10.6 Å². The molecule has 0 aliphatic carbocycles. The molecule has 18 heavy (non-hydrogen) atoms. The summed E-state index contributed by atoms with van der Waals surface area (Å²) in [7, 11) is 0. The Morgan fingerprint density at radius 2 is 2.11 bits per heavy atom. The van der Waals surface area contributed by atoms with Gasteiger partial charge in [0.15, 0.2) is 0 Å². The standard InChI is InChI=1S/C10H9ClN2O5/c1-5(10(15)16)12-9(14)7-3-2-6(11)4-8(7)13(17)18/h2-5H,1H3,(H,12,14)(H,15,16). The first kappa shape index (κ1) is 13.9. The van der Waals surface area contributed by atoms with Crippen LogP contribution >= 0.6 is 11.6 Å². The number of hydrogen-bond donors (Lipinski definition) is 2. The number of rotatable bonds is 4. The minimum Gasteiger partial charge on any atom is -0.480 e. The molecule has 1 aromatic carbocycles. The van der Waals surface area contributed by atoms with E-state index in [2.05, 4.69) is 5.32 Å². The minimum atomic E-state index is -1.24. The van der Waals surface area contributed by atoms with Crippen LogP contribution in [0.3, 0.4) is 0 Å². The summed E-state index contributed by atoms with van der Waals surface area (Å²) in [5, 5.41) is 21.6. The van der Waals surface area contributed by atoms with Gasteiger partial charge in [0.1, 0.15) is 11.6 Å². The Bertz CT molecular complexity index is 517. The minimum absolute atomic E-state index is 0.115. The van der Waals surface area contributed by atoms with Gasteiger partial charge in [-0.3, -0.25) is 19.7 Å². The second-order valence-electron chi connectivity index (χ2n) is 3.45. The van der Waals surface area contributed by atoms with Crippen molar-refractivity contribution in [3.8, 4) is 0 Å². The van der Waals surface area contributed by atoms with Crippen molar-refractivity contribution in [1.82, 2.24) is 5.32 Å². The Hall–Kier alpha value is -2.15. The lowest BCUT2D eigenvalue weighted by Gasteiger charge is -2.09. The van der Waals surface area contributed by atoms with Crippen molar-refractivity contribution in [3.63, 3.8) is 0 Å². The maximum Gasteiger partial charge on any atom is 0.325 e. The van der Waals surface area contributed by atoms with Crippen molar-refractivity contribution >= 4 is 29.2 Å². The molecule has 0 saturated carbocycles. The highest BCUT2D eigenvalue weighted by atomic mass is 35.5. The summed E-state index contributed by atoms with van der Waals surface area (Å²) >= 11 is 5.59. The first-order valence-electron chi connectivity index (χ1n) is 4.80. The lowest BCUT2D eigenvalue weighted by molar-refractivity contribution is -0.385. The molecule has 8 heteroatoms. The third kappa shape index (κ3) is 3.17. The zero-order chi connectivity index (χ0) is 13.9. The molecule has 0 aromatic heterocycles. The molecular formula is C10H9ClN2O5. The summed E-state index contributed by atoms with van der Waals surface area (Å²) in [6, 6.07) is 2.37. The molecule has 1 unspecified atom stereocenters. The lowest BCUT2D eigenvalue weighted by atomic mass is 10.1. The van der Waals surface area contributed by atoms with Crippen LogP contribution in [0.1, 0.15) is 17.3 Å². The van der Waals surface area contributed by atoms with E-state index in [1.807, 2.05) is 0 Å². The zero-order valence-electron chi connectivity index (χ0n) is 9.21. The highest BCUT2D eigenvalue weighted by Crippen LogP contribution is 2.23. The SMILES string of the molecule is CC(NC(=O)c1ccc(Cl)cc1[N+](=O)[O-])C(=O)O. The van der Waals surface area contributed by atoms with Gasteiger partial charge in [0, 0.05) is 11.1 Å². The van der Waals surface area contributed by atoms with Gasteiger partial charge in [0.2, 0.25) is 0 Å². The number of amides is 1. The second kappa shape index (κ2) is 5.46. The van der Waals surface area contributed by atoms with Gasteiger partial charge < -0.3 is 10.4 Å². The molecule has 1 atom stereocenters. The van der Waals surface area contributed by atoms with Crippen molar-refractivity contribution in [1.29, 1.82) is 0 Å². The van der Waals surface area contributed by atoms with Crippen LogP contribution < -0.4 is 5.32 Å². The number of aliphatic carboxylic acids is 1. The number of benzene rings is 1. The molecular weight excluding hydrogens is 264 g/mol. The summed E-state index contributed by atoms with van der Waals surface area (Å²) in [5.74, 6) is -2.08. The van der Waals surface area contributed by atoms with E-state index in [4.69, 9.17) is 16.7 Å². The van der Waals surface area contributed by atoms with Crippen molar-refractivity contribution < 1.29 is 19.6 Å². The number of carbonyl (C=O) groups is 2. The third-order valence-electron chi connectivity index (χ3n) is 2.12. The van der Waals surface area contributed by atoms with Crippen LogP contribution in [0.2, 0.25) is 5.02 Å². The molecule has 0 radical (unpaired) electrons. The number of nitro benzene ring substituents is 1. The maximum atomic E-state index is 11.7. The van der Waals surface area contributed by atoms with Crippen LogP contribution in [0.5, 0.6) is 0 Å². The number of nitrogens with one attached hydrogen (secondary N) is 1. The Morgan fingerprint density at radius 1 is 1.50 bits per heavy atom. The number of carbonyl (C=O) groups excluding carboxylic acids is 1. The smallest absolute Gasteiger partial charge is 0.325 e. The van der Waals surface area contributed by atoms with Crippen LogP contribution in [-0.2, 0) is 4.79 Å². The molecule has 0 fully saturated rings. The Labute approximate surface area is 107 Å². The summed E-state index contributed by atoms with van der Waals surface area (Å²) in [6.07, 6.45) is 0. The van der Waals surface area contributed by atoms with Crippen molar-refractivity contribution in [2.75, 3.05) is 0 Å². The fourth-order valence-electron chi connectivity index (χ4n) is 1.18. The number of hydrogen-bond acceptors (Lipinski definition) is 4. The molecule has 1 rings (SSSR count). The Kier molecular flexibility index (Phi) is 4.22. The van der Waals surface area contributed by atoms with Gasteiger partial charge in [-0.05, 0) is 19.1 Å². The monoisotopic (exact) mass is 272 g/mol. The van der Waals surface area contributed by atoms with Crippen molar-refractivity contribution in [2.24, 2.45) is 0 Å². The van der Waals surface area contributed by atoms with Crippen LogP contribution in [0.4, 0.5) is 5.69 Å². The Morgan fingerprint density at radius 3 is 2.61 bits per heavy atom. The quantitative estimate of drug-likeness (QED) is 0.637. The molecule has 96 valence electrons. The van der Waals surface area contributed by atoms with Gasteiger partial charge in [-0.2, -0.15) is 0 Å². The second-order valence-corrected chi connectivity index (χ2v) is 3.89. The molecule has 0 bridgehead atoms. The number of nitrogens with zero attached hydrogens (tertiary/aromatic N) is 1. The lowest BCUT2D eigenvalue weighted by Crippen LogP contribution is -2.38. The molecule has 2 N–H and O–H groups in total. The first-order chi connectivity index (χ1) is 8.32. The van der Waals surface area contributed by atoms with Gasteiger partial charge in [-0.1, -0.05) is 11.6 Å². The van der Waals surface area contributed by atoms with Crippen molar-refractivity contribution in [3.05, 3.63) is 38.9 Å². The molecule has 0 aliphatic rings. The molecule has 0 heterocycles. The van der Waals surface area contributed by atoms with E-state index in [1.165, 1.54) is 19.1 Å². The molecule has 0 spiro atoms. The highest BCUT2D eigenvalue weighted by molar-refractivity contribution is 6.31. The summed E-state index contributed by atoms with van der Waals surface area (Å²) in [4.78, 5) is 32.2. The number of carboxylic acids is 1. The Balaban J connectivity index is 3.06. The van der Waals surface area contributed by atoms with E-state index in [0.717, 1.165) is 6.07 Å². The van der Waals surface area contributed by atoms with Gasteiger partial charge in [0.05, 0.1) is 4.92 Å². The summed E-state index contributed by atoms with van der Waals surface area (Å²) in [6.45, 7) is 1.25. The van der Waals surface area contributed by atoms with Crippen molar-refractivity contribution in [2.45, 2.75) is 13.0 Å². The summed E-state index contributed by atoms with van der Waals surface area (Å²) in [5.41, 5.74) is -0.713. The molecule has 7 nitrogen and oxygen atoms in total. The molecule has 0 aliphatic heterocycles. The van der Waals surface area contributed by atoms with Gasteiger partial charge in [-0.25, -0.2) is 0 Å². The average Bonchev–Trinajstić information content (AvgIpc) is 2.28. The predicted octanol–water partition coefficient (Wildman–Crippen LogP) is 1.45. The maximum absolute atomic E-state index is 11.7. The van der Waals surface area contributed by atoms with E-state index in [9.17, 15) is 19.7 Å². The van der Waals surface area contributed by atoms with Gasteiger partial charge in [-0.15, -0.1) is 0 Å². The summed E-state index contributed by atoms with van der Waals surface area (Å²) < 4.78 is 0. The average molecular weight is 273 g/mol. The van der Waals surface area contributed by atoms with Crippen LogP contribution in [0.25, 0.3) is 0 Å². The molecule has 1 amide bonds. The highest BCUT2D eigenvalue weighted by Gasteiger charge is 2.23. The molecule has 1 aromatic rings. The fraction of sp³-hybridized carbons (Fsp3) is 0.200. The first-order valence-corrected chi connectivity index (χ1v) is 5.18. The van der Waals surface area contributed by atoms with Crippen LogP contribution in [-0.4, -0.2) is 27.9 Å². The van der Waals surface area contributed by atoms with E-state index in [1.54, 1.807) is 0 Å². The number of carboxylic acid groups (broad SMARTS) is 1. The molecule has 0 saturated heterocycles. The van der Waals surface area contributed by atoms with Gasteiger partial charge in [0.25, 0.3) is 11.6 Å². The van der Waals surface area contributed by atoms with E-state index >= 15 is 0 Å². The predicted molar refractivity (Wildman–Crippen MR) is 62.7 cm³/mol. The fourth-order valence-corrected chi connectivity index (χ4v) is 1.35. The number of nitro groups is 1. The van der Waals surface area contributed by atoms with E-state index in [0.29, 0.717) is 0 Å². The van der Waals surface area contributed by atoms with Crippen LogP contribution in [0.15, 0.2) is 18.2 Å².